The summed E-state index contributed by atoms with van der Waals surface area (Å²) in [5.74, 6) is -0.105. The first-order valence-electron chi connectivity index (χ1n) is 14.2. The van der Waals surface area contributed by atoms with Crippen LogP contribution in [0.15, 0.2) is 58.3 Å². The molecule has 1 aromatic carbocycles. The molecule has 0 spiro atoms. The van der Waals surface area contributed by atoms with Gasteiger partial charge in [0.1, 0.15) is 10.7 Å². The summed E-state index contributed by atoms with van der Waals surface area (Å²) in [7, 11) is 0. The Hall–Kier alpha value is -3.98. The van der Waals surface area contributed by atoms with Gasteiger partial charge in [0.2, 0.25) is 0 Å². The SMILES string of the molecule is CCc1ccc(C)cc1-n1c(C=C(C)C)c(C(=O)N2CCCCC2)cc(-c2nc(-c3ccc(C(F)F)nc3)cs2)c1=O. The number of piperidine rings is 1. The second kappa shape index (κ2) is 12.5. The summed E-state index contributed by atoms with van der Waals surface area (Å²) in [5.41, 5.74) is 5.54. The number of hydrogen-bond donors (Lipinski definition) is 0. The Morgan fingerprint density at radius 2 is 1.86 bits per heavy atom. The van der Waals surface area contributed by atoms with E-state index < -0.39 is 6.43 Å². The summed E-state index contributed by atoms with van der Waals surface area (Å²) in [6.07, 6.45) is 4.31. The van der Waals surface area contributed by atoms with Gasteiger partial charge < -0.3 is 4.90 Å². The average molecular weight is 589 g/mol. The minimum Gasteiger partial charge on any atom is -0.339 e. The van der Waals surface area contributed by atoms with Crippen molar-refractivity contribution in [3.05, 3.63) is 92.0 Å². The van der Waals surface area contributed by atoms with Gasteiger partial charge in [0.05, 0.1) is 28.2 Å². The number of thiazole rings is 1. The molecule has 0 radical (unpaired) electrons. The number of alkyl halides is 2. The number of pyridine rings is 2. The number of likely N-dealkylation sites (tertiary alicyclic amines) is 1. The normalized spacial score (nSPS) is 13.5. The standard InChI is InChI=1S/C33H34F2N4O2S/c1-5-22-10-9-21(4)16-28(22)39-29(15-20(2)3)24(32(40)38-13-7-6-8-14-38)17-25(33(39)41)31-37-27(19-42-31)23-11-12-26(30(34)35)36-18-23/h9-12,15-19,30H,5-8,13-14H2,1-4H3. The molecule has 1 saturated heterocycles. The zero-order valence-electron chi connectivity index (χ0n) is 24.3. The van der Waals surface area contributed by atoms with Gasteiger partial charge in [0.25, 0.3) is 17.9 Å². The number of aromatic nitrogens is 3. The molecule has 1 amide bonds. The van der Waals surface area contributed by atoms with Crippen molar-refractivity contribution in [3.8, 4) is 27.5 Å². The summed E-state index contributed by atoms with van der Waals surface area (Å²) in [6, 6.07) is 10.6. The molecule has 0 aliphatic carbocycles. The van der Waals surface area contributed by atoms with Crippen molar-refractivity contribution < 1.29 is 13.6 Å². The maximum Gasteiger partial charge on any atom is 0.280 e. The predicted octanol–water partition coefficient (Wildman–Crippen LogP) is 7.88. The summed E-state index contributed by atoms with van der Waals surface area (Å²) in [6.45, 7) is 9.29. The lowest BCUT2D eigenvalue weighted by molar-refractivity contribution is 0.0723. The van der Waals surface area contributed by atoms with Crippen LogP contribution in [0.3, 0.4) is 0 Å². The molecule has 3 aromatic heterocycles. The summed E-state index contributed by atoms with van der Waals surface area (Å²) in [5, 5.41) is 2.22. The van der Waals surface area contributed by atoms with E-state index >= 15 is 0 Å². The number of aryl methyl sites for hydroxylation is 2. The molecule has 5 rings (SSSR count). The van der Waals surface area contributed by atoms with E-state index in [-0.39, 0.29) is 17.2 Å². The third kappa shape index (κ3) is 5.97. The maximum atomic E-state index is 14.4. The molecule has 0 unspecified atom stereocenters. The molecule has 9 heteroatoms. The maximum absolute atomic E-state index is 14.4. The van der Waals surface area contributed by atoms with Crippen LogP contribution >= 0.6 is 11.3 Å². The van der Waals surface area contributed by atoms with Crippen LogP contribution in [0.25, 0.3) is 33.6 Å². The molecule has 4 aromatic rings. The Bertz CT molecular complexity index is 1700. The number of amides is 1. The third-order valence-corrected chi connectivity index (χ3v) is 8.32. The van der Waals surface area contributed by atoms with Crippen LogP contribution in [-0.2, 0) is 6.42 Å². The first-order valence-corrected chi connectivity index (χ1v) is 15.1. The molecule has 218 valence electrons. The van der Waals surface area contributed by atoms with E-state index in [1.54, 1.807) is 22.1 Å². The number of hydrogen-bond acceptors (Lipinski definition) is 5. The van der Waals surface area contributed by atoms with Crippen LogP contribution in [-0.4, -0.2) is 38.4 Å². The Balaban J connectivity index is 1.76. The van der Waals surface area contributed by atoms with Gasteiger partial charge in [-0.15, -0.1) is 11.3 Å². The number of allylic oxidation sites excluding steroid dienone is 1. The zero-order valence-corrected chi connectivity index (χ0v) is 25.1. The molecule has 6 nitrogen and oxygen atoms in total. The first kappa shape index (κ1) is 29.5. The Labute approximate surface area is 248 Å². The first-order chi connectivity index (χ1) is 20.2. The predicted molar refractivity (Wildman–Crippen MR) is 165 cm³/mol. The second-order valence-electron chi connectivity index (χ2n) is 10.9. The number of carbonyl (C=O) groups excluding carboxylic acids is 1. The second-order valence-corrected chi connectivity index (χ2v) is 11.7. The van der Waals surface area contributed by atoms with Gasteiger partial charge in [-0.25, -0.2) is 13.8 Å². The van der Waals surface area contributed by atoms with Gasteiger partial charge in [0.15, 0.2) is 0 Å². The molecule has 42 heavy (non-hydrogen) atoms. The molecule has 0 saturated carbocycles. The molecule has 4 heterocycles. The molecule has 1 aliphatic rings. The number of halogens is 2. The summed E-state index contributed by atoms with van der Waals surface area (Å²) < 4.78 is 27.7. The van der Waals surface area contributed by atoms with Gasteiger partial charge in [-0.2, -0.15) is 0 Å². The Kier molecular flexibility index (Phi) is 8.77. The van der Waals surface area contributed by atoms with Crippen molar-refractivity contribution in [2.24, 2.45) is 0 Å². The fraction of sp³-hybridized carbons (Fsp3) is 0.333. The molecular formula is C33H34F2N4O2S. The Morgan fingerprint density at radius 1 is 1.10 bits per heavy atom. The van der Waals surface area contributed by atoms with Crippen molar-refractivity contribution in [1.82, 2.24) is 19.4 Å². The lowest BCUT2D eigenvalue weighted by Crippen LogP contribution is -2.37. The number of carbonyl (C=O) groups is 1. The summed E-state index contributed by atoms with van der Waals surface area (Å²) in [4.78, 5) is 39.0. The smallest absolute Gasteiger partial charge is 0.280 e. The lowest BCUT2D eigenvalue weighted by atomic mass is 10.0. The van der Waals surface area contributed by atoms with Gasteiger partial charge in [-0.05, 0) is 87.9 Å². The van der Waals surface area contributed by atoms with Gasteiger partial charge in [0, 0.05) is 30.2 Å². The Morgan fingerprint density at radius 3 is 2.50 bits per heavy atom. The number of nitrogens with zero attached hydrogens (tertiary/aromatic N) is 4. The monoisotopic (exact) mass is 588 g/mol. The van der Waals surface area contributed by atoms with Gasteiger partial charge in [-0.1, -0.05) is 24.6 Å². The molecule has 0 bridgehead atoms. The topological polar surface area (TPSA) is 68.1 Å². The zero-order chi connectivity index (χ0) is 30.0. The van der Waals surface area contributed by atoms with Gasteiger partial charge >= 0.3 is 0 Å². The third-order valence-electron chi connectivity index (χ3n) is 7.44. The highest BCUT2D eigenvalue weighted by Crippen LogP contribution is 2.31. The van der Waals surface area contributed by atoms with Gasteiger partial charge in [-0.3, -0.25) is 19.1 Å². The summed E-state index contributed by atoms with van der Waals surface area (Å²) >= 11 is 1.27. The highest BCUT2D eigenvalue weighted by Gasteiger charge is 2.27. The molecular weight excluding hydrogens is 554 g/mol. The largest absolute Gasteiger partial charge is 0.339 e. The van der Waals surface area contributed by atoms with E-state index in [9.17, 15) is 18.4 Å². The molecule has 1 aliphatic heterocycles. The van der Waals surface area contributed by atoms with E-state index in [1.165, 1.54) is 23.6 Å². The van der Waals surface area contributed by atoms with E-state index in [4.69, 9.17) is 4.98 Å². The fourth-order valence-electron chi connectivity index (χ4n) is 5.27. The average Bonchev–Trinajstić information content (AvgIpc) is 3.47. The van der Waals surface area contributed by atoms with E-state index in [0.717, 1.165) is 41.6 Å². The highest BCUT2D eigenvalue weighted by molar-refractivity contribution is 7.13. The highest BCUT2D eigenvalue weighted by atomic mass is 32.1. The molecule has 1 fully saturated rings. The van der Waals surface area contributed by atoms with Crippen LogP contribution in [0.4, 0.5) is 8.78 Å². The van der Waals surface area contributed by atoms with Crippen LogP contribution in [0, 0.1) is 6.92 Å². The van der Waals surface area contributed by atoms with Crippen LogP contribution in [0.5, 0.6) is 0 Å². The van der Waals surface area contributed by atoms with Crippen molar-refractivity contribution in [2.45, 2.75) is 59.8 Å². The fourth-order valence-corrected chi connectivity index (χ4v) is 6.11. The minimum atomic E-state index is -2.66. The van der Waals surface area contributed by atoms with Crippen LogP contribution < -0.4 is 5.56 Å². The van der Waals surface area contributed by atoms with Crippen LogP contribution in [0.1, 0.15) is 79.3 Å². The van der Waals surface area contributed by atoms with E-state index in [1.807, 2.05) is 56.9 Å². The quantitative estimate of drug-likeness (QED) is 0.220. The van der Waals surface area contributed by atoms with Crippen molar-refractivity contribution in [2.75, 3.05) is 13.1 Å². The molecule has 0 atom stereocenters. The minimum absolute atomic E-state index is 0.105. The van der Waals surface area contributed by atoms with Crippen molar-refractivity contribution in [3.63, 3.8) is 0 Å². The van der Waals surface area contributed by atoms with E-state index in [2.05, 4.69) is 4.98 Å². The van der Waals surface area contributed by atoms with Crippen molar-refractivity contribution in [1.29, 1.82) is 0 Å². The number of rotatable bonds is 7. The number of benzene rings is 1. The lowest BCUT2D eigenvalue weighted by Gasteiger charge is -2.28. The molecule has 0 N–H and O–H groups in total. The van der Waals surface area contributed by atoms with Crippen molar-refractivity contribution >= 4 is 23.3 Å². The van der Waals surface area contributed by atoms with Crippen LogP contribution in [0.2, 0.25) is 0 Å². The van der Waals surface area contributed by atoms with E-state index in [0.29, 0.717) is 52.6 Å².